The third kappa shape index (κ3) is 3.83. The molecular formula is C19H30N4O. The van der Waals surface area contributed by atoms with Crippen LogP contribution in [-0.2, 0) is 6.42 Å². The normalized spacial score (nSPS) is 21.2. The minimum absolute atomic E-state index is 0.0931. The van der Waals surface area contributed by atoms with Gasteiger partial charge in [-0.1, -0.05) is 18.2 Å². The lowest BCUT2D eigenvalue weighted by atomic mass is 10.1. The van der Waals surface area contributed by atoms with E-state index in [4.69, 9.17) is 0 Å². The smallest absolute Gasteiger partial charge is 0.317 e. The highest BCUT2D eigenvalue weighted by atomic mass is 16.2. The quantitative estimate of drug-likeness (QED) is 0.898. The number of anilines is 1. The standard InChI is InChI=1S/C19H30N4O/c1-15(23-11-9-17-6-4-5-7-18(17)23)12-20-19(24)22-10-8-16(14-22)13-21(2)3/h4-7,15-16H,8-14H2,1-3H3,(H,20,24)/t15-,16-/m1/s1. The minimum Gasteiger partial charge on any atom is -0.366 e. The van der Waals surface area contributed by atoms with Gasteiger partial charge in [-0.25, -0.2) is 4.79 Å². The molecule has 1 saturated heterocycles. The second-order valence-corrected chi connectivity index (χ2v) is 7.47. The highest BCUT2D eigenvalue weighted by molar-refractivity contribution is 5.74. The molecule has 132 valence electrons. The van der Waals surface area contributed by atoms with E-state index in [0.29, 0.717) is 18.5 Å². The van der Waals surface area contributed by atoms with Gasteiger partial charge in [-0.15, -0.1) is 0 Å². The fourth-order valence-electron chi connectivity index (χ4n) is 3.96. The molecule has 1 N–H and O–H groups in total. The van der Waals surface area contributed by atoms with Gasteiger partial charge < -0.3 is 20.0 Å². The highest BCUT2D eigenvalue weighted by Crippen LogP contribution is 2.28. The van der Waals surface area contributed by atoms with Crippen LogP contribution in [0.5, 0.6) is 0 Å². The van der Waals surface area contributed by atoms with Gasteiger partial charge in [0, 0.05) is 44.5 Å². The average Bonchev–Trinajstić information content (AvgIpc) is 3.18. The van der Waals surface area contributed by atoms with Crippen molar-refractivity contribution in [3.8, 4) is 0 Å². The summed E-state index contributed by atoms with van der Waals surface area (Å²) in [6.07, 6.45) is 2.22. The summed E-state index contributed by atoms with van der Waals surface area (Å²) in [7, 11) is 4.19. The van der Waals surface area contributed by atoms with E-state index in [9.17, 15) is 4.79 Å². The molecule has 24 heavy (non-hydrogen) atoms. The molecular weight excluding hydrogens is 300 g/mol. The third-order valence-corrected chi connectivity index (χ3v) is 5.20. The molecule has 1 fully saturated rings. The average molecular weight is 330 g/mol. The summed E-state index contributed by atoms with van der Waals surface area (Å²) >= 11 is 0. The number of carbonyl (C=O) groups is 1. The van der Waals surface area contributed by atoms with E-state index in [1.54, 1.807) is 0 Å². The Bertz CT molecular complexity index is 574. The molecule has 0 unspecified atom stereocenters. The number of likely N-dealkylation sites (tertiary alicyclic amines) is 1. The van der Waals surface area contributed by atoms with Gasteiger partial charge in [0.15, 0.2) is 0 Å². The molecule has 2 aliphatic rings. The third-order valence-electron chi connectivity index (χ3n) is 5.20. The molecule has 0 bridgehead atoms. The number of nitrogens with one attached hydrogen (secondary N) is 1. The molecule has 2 heterocycles. The molecule has 2 amide bonds. The van der Waals surface area contributed by atoms with Crippen LogP contribution in [0.4, 0.5) is 10.5 Å². The maximum atomic E-state index is 12.4. The van der Waals surface area contributed by atoms with Crippen molar-refractivity contribution in [3.63, 3.8) is 0 Å². The molecule has 0 aliphatic carbocycles. The summed E-state index contributed by atoms with van der Waals surface area (Å²) < 4.78 is 0. The molecule has 1 aromatic rings. The van der Waals surface area contributed by atoms with Gasteiger partial charge in [0.05, 0.1) is 0 Å². The largest absolute Gasteiger partial charge is 0.366 e. The summed E-state index contributed by atoms with van der Waals surface area (Å²) in [4.78, 5) is 19.0. The predicted octanol–water partition coefficient (Wildman–Crippen LogP) is 2.03. The second kappa shape index (κ2) is 7.43. The molecule has 0 spiro atoms. The van der Waals surface area contributed by atoms with Crippen molar-refractivity contribution in [2.24, 2.45) is 5.92 Å². The Kier molecular flexibility index (Phi) is 5.29. The number of amides is 2. The van der Waals surface area contributed by atoms with Gasteiger partial charge >= 0.3 is 6.03 Å². The maximum absolute atomic E-state index is 12.4. The Morgan fingerprint density at radius 3 is 2.92 bits per heavy atom. The van der Waals surface area contributed by atoms with Crippen LogP contribution < -0.4 is 10.2 Å². The SMILES string of the molecule is C[C@H](CNC(=O)N1CC[C@H](CN(C)C)C1)N1CCc2ccccc21. The van der Waals surface area contributed by atoms with Crippen molar-refractivity contribution >= 4 is 11.7 Å². The van der Waals surface area contributed by atoms with E-state index < -0.39 is 0 Å². The van der Waals surface area contributed by atoms with E-state index in [2.05, 4.69) is 60.4 Å². The fraction of sp³-hybridized carbons (Fsp3) is 0.632. The first-order chi connectivity index (χ1) is 11.5. The van der Waals surface area contributed by atoms with E-state index >= 15 is 0 Å². The number of fused-ring (bicyclic) bond motifs is 1. The number of rotatable bonds is 5. The van der Waals surface area contributed by atoms with Crippen LogP contribution in [0.2, 0.25) is 0 Å². The van der Waals surface area contributed by atoms with Gasteiger partial charge in [-0.3, -0.25) is 0 Å². The maximum Gasteiger partial charge on any atom is 0.317 e. The Balaban J connectivity index is 1.47. The zero-order valence-corrected chi connectivity index (χ0v) is 15.2. The number of hydrogen-bond acceptors (Lipinski definition) is 3. The van der Waals surface area contributed by atoms with E-state index in [-0.39, 0.29) is 6.03 Å². The summed E-state index contributed by atoms with van der Waals surface area (Å²) in [6.45, 7) is 6.76. The van der Waals surface area contributed by atoms with Gasteiger partial charge in [-0.05, 0) is 51.4 Å². The molecule has 5 heteroatoms. The van der Waals surface area contributed by atoms with E-state index in [1.165, 1.54) is 11.3 Å². The molecule has 0 aromatic heterocycles. The van der Waals surface area contributed by atoms with E-state index in [1.807, 2.05) is 4.90 Å². The van der Waals surface area contributed by atoms with Gasteiger partial charge in [0.2, 0.25) is 0 Å². The van der Waals surface area contributed by atoms with Crippen LogP contribution >= 0.6 is 0 Å². The Morgan fingerprint density at radius 1 is 1.33 bits per heavy atom. The van der Waals surface area contributed by atoms with E-state index in [0.717, 1.165) is 39.0 Å². The molecule has 2 aliphatic heterocycles. The van der Waals surface area contributed by atoms with Gasteiger partial charge in [-0.2, -0.15) is 0 Å². The summed E-state index contributed by atoms with van der Waals surface area (Å²) in [5.41, 5.74) is 2.74. The van der Waals surface area contributed by atoms with Crippen LogP contribution in [-0.4, -0.2) is 68.7 Å². The first-order valence-corrected chi connectivity index (χ1v) is 9.06. The highest BCUT2D eigenvalue weighted by Gasteiger charge is 2.28. The van der Waals surface area contributed by atoms with Crippen LogP contribution in [0.3, 0.4) is 0 Å². The lowest BCUT2D eigenvalue weighted by molar-refractivity contribution is 0.205. The van der Waals surface area contributed by atoms with Crippen molar-refractivity contribution in [1.29, 1.82) is 0 Å². The second-order valence-electron chi connectivity index (χ2n) is 7.47. The van der Waals surface area contributed by atoms with Crippen LogP contribution in [0.15, 0.2) is 24.3 Å². The first-order valence-electron chi connectivity index (χ1n) is 9.06. The number of benzene rings is 1. The van der Waals surface area contributed by atoms with Crippen molar-refractivity contribution in [2.45, 2.75) is 25.8 Å². The first kappa shape index (κ1) is 17.1. The minimum atomic E-state index is 0.0931. The van der Waals surface area contributed by atoms with Gasteiger partial charge in [0.1, 0.15) is 0 Å². The Labute approximate surface area is 145 Å². The summed E-state index contributed by atoms with van der Waals surface area (Å²) in [5.74, 6) is 0.605. The summed E-state index contributed by atoms with van der Waals surface area (Å²) in [5, 5.41) is 3.14. The molecule has 0 saturated carbocycles. The number of carbonyl (C=O) groups excluding carboxylic acids is 1. The molecule has 1 aromatic carbocycles. The van der Waals surface area contributed by atoms with Crippen LogP contribution in [0.1, 0.15) is 18.9 Å². The zero-order chi connectivity index (χ0) is 17.1. The molecule has 0 radical (unpaired) electrons. The van der Waals surface area contributed by atoms with Crippen LogP contribution in [0, 0.1) is 5.92 Å². The number of para-hydroxylation sites is 1. The molecule has 3 rings (SSSR count). The molecule has 2 atom stereocenters. The van der Waals surface area contributed by atoms with Crippen molar-refractivity contribution in [2.75, 3.05) is 51.7 Å². The Morgan fingerprint density at radius 2 is 2.12 bits per heavy atom. The zero-order valence-electron chi connectivity index (χ0n) is 15.2. The van der Waals surface area contributed by atoms with Gasteiger partial charge in [0.25, 0.3) is 0 Å². The number of nitrogens with zero attached hydrogens (tertiary/aromatic N) is 3. The predicted molar refractivity (Wildman–Crippen MR) is 98.6 cm³/mol. The fourth-order valence-corrected chi connectivity index (χ4v) is 3.96. The van der Waals surface area contributed by atoms with Crippen molar-refractivity contribution in [3.05, 3.63) is 29.8 Å². The number of urea groups is 1. The number of hydrogen-bond donors (Lipinski definition) is 1. The topological polar surface area (TPSA) is 38.8 Å². The monoisotopic (exact) mass is 330 g/mol. The van der Waals surface area contributed by atoms with Crippen molar-refractivity contribution in [1.82, 2.24) is 15.1 Å². The lowest BCUT2D eigenvalue weighted by Crippen LogP contribution is -2.46. The van der Waals surface area contributed by atoms with Crippen molar-refractivity contribution < 1.29 is 4.79 Å². The van der Waals surface area contributed by atoms with Crippen LogP contribution in [0.25, 0.3) is 0 Å². The lowest BCUT2D eigenvalue weighted by Gasteiger charge is -2.28. The summed E-state index contributed by atoms with van der Waals surface area (Å²) in [6, 6.07) is 9.00. The molecule has 5 nitrogen and oxygen atoms in total. The Hall–Kier alpha value is -1.75.